The number of nitrogens with one attached hydrogen (secondary N) is 1. The van der Waals surface area contributed by atoms with Crippen molar-refractivity contribution < 1.29 is 14.3 Å². The van der Waals surface area contributed by atoms with E-state index in [1.807, 2.05) is 19.1 Å². The molecule has 0 aliphatic carbocycles. The molecule has 5 nitrogen and oxygen atoms in total. The lowest BCUT2D eigenvalue weighted by atomic mass is 9.94. The Morgan fingerprint density at radius 3 is 2.83 bits per heavy atom. The summed E-state index contributed by atoms with van der Waals surface area (Å²) in [6.07, 6.45) is 1.89. The molecule has 23 heavy (non-hydrogen) atoms. The molecule has 2 aliphatic heterocycles. The zero-order valence-electron chi connectivity index (χ0n) is 13.8. The van der Waals surface area contributed by atoms with E-state index in [4.69, 9.17) is 9.47 Å². The molecule has 0 aromatic heterocycles. The minimum atomic E-state index is -0.0284. The Morgan fingerprint density at radius 1 is 1.26 bits per heavy atom. The molecular formula is C18H26N2O3. The van der Waals surface area contributed by atoms with Crippen LogP contribution < -0.4 is 10.2 Å². The first kappa shape index (κ1) is 16.3. The molecule has 1 amide bonds. The van der Waals surface area contributed by atoms with Crippen molar-refractivity contribution in [2.24, 2.45) is 5.92 Å². The average Bonchev–Trinajstić information content (AvgIpc) is 2.61. The predicted molar refractivity (Wildman–Crippen MR) is 89.5 cm³/mol. The van der Waals surface area contributed by atoms with Crippen molar-refractivity contribution in [3.05, 3.63) is 29.8 Å². The molecule has 0 radical (unpaired) electrons. The number of ether oxygens (including phenoxy) is 2. The summed E-state index contributed by atoms with van der Waals surface area (Å²) in [6, 6.07) is 8.29. The third-order valence-electron chi connectivity index (χ3n) is 4.74. The first-order valence-corrected chi connectivity index (χ1v) is 8.55. The normalized spacial score (nSPS) is 25.2. The molecule has 2 aliphatic rings. The second-order valence-electron chi connectivity index (χ2n) is 6.27. The number of benzene rings is 1. The van der Waals surface area contributed by atoms with Gasteiger partial charge in [-0.3, -0.25) is 4.79 Å². The van der Waals surface area contributed by atoms with Gasteiger partial charge < -0.3 is 19.7 Å². The van der Waals surface area contributed by atoms with E-state index in [9.17, 15) is 4.79 Å². The topological polar surface area (TPSA) is 50.8 Å². The molecular weight excluding hydrogens is 292 g/mol. The van der Waals surface area contributed by atoms with Gasteiger partial charge in [-0.15, -0.1) is 0 Å². The predicted octanol–water partition coefficient (Wildman–Crippen LogP) is 1.95. The Kier molecular flexibility index (Phi) is 5.51. The molecule has 0 unspecified atom stereocenters. The molecule has 1 aromatic rings. The highest BCUT2D eigenvalue weighted by Gasteiger charge is 2.28. The van der Waals surface area contributed by atoms with Gasteiger partial charge in [0, 0.05) is 31.9 Å². The van der Waals surface area contributed by atoms with Crippen LogP contribution in [0.2, 0.25) is 0 Å². The molecule has 5 heteroatoms. The monoisotopic (exact) mass is 318 g/mol. The Balaban J connectivity index is 1.62. The Bertz CT molecular complexity index is 529. The van der Waals surface area contributed by atoms with Gasteiger partial charge in [0.05, 0.1) is 25.2 Å². The van der Waals surface area contributed by atoms with Gasteiger partial charge in [0.25, 0.3) is 0 Å². The summed E-state index contributed by atoms with van der Waals surface area (Å²) < 4.78 is 11.0. The van der Waals surface area contributed by atoms with Crippen molar-refractivity contribution >= 4 is 11.6 Å². The van der Waals surface area contributed by atoms with Crippen molar-refractivity contribution in [2.45, 2.75) is 32.4 Å². The highest BCUT2D eigenvalue weighted by atomic mass is 16.5. The summed E-state index contributed by atoms with van der Waals surface area (Å²) >= 11 is 0. The largest absolute Gasteiger partial charge is 0.378 e. The SMILES string of the molecule is C[C@H]1OCCC[C@@H]1C(=O)NCc1ccccc1N1CCOCC1. The Morgan fingerprint density at radius 2 is 2.04 bits per heavy atom. The first-order valence-electron chi connectivity index (χ1n) is 8.55. The highest BCUT2D eigenvalue weighted by Crippen LogP contribution is 2.23. The van der Waals surface area contributed by atoms with Gasteiger partial charge in [0.15, 0.2) is 0 Å². The van der Waals surface area contributed by atoms with Gasteiger partial charge in [0.2, 0.25) is 5.91 Å². The Labute approximate surface area is 137 Å². The number of nitrogens with zero attached hydrogens (tertiary/aromatic N) is 1. The smallest absolute Gasteiger partial charge is 0.225 e. The lowest BCUT2D eigenvalue weighted by molar-refractivity contribution is -0.133. The highest BCUT2D eigenvalue weighted by molar-refractivity contribution is 5.79. The zero-order valence-corrected chi connectivity index (χ0v) is 13.8. The van der Waals surface area contributed by atoms with E-state index in [0.29, 0.717) is 6.54 Å². The number of rotatable bonds is 4. The van der Waals surface area contributed by atoms with Crippen molar-refractivity contribution in [3.8, 4) is 0 Å². The molecule has 0 saturated carbocycles. The number of hydrogen-bond acceptors (Lipinski definition) is 4. The maximum Gasteiger partial charge on any atom is 0.225 e. The fourth-order valence-electron chi connectivity index (χ4n) is 3.35. The van der Waals surface area contributed by atoms with Crippen LogP contribution in [0.3, 0.4) is 0 Å². The molecule has 3 rings (SSSR count). The molecule has 2 saturated heterocycles. The van der Waals surface area contributed by atoms with Crippen LogP contribution in [0.15, 0.2) is 24.3 Å². The number of para-hydroxylation sites is 1. The lowest BCUT2D eigenvalue weighted by Crippen LogP contribution is -2.40. The third-order valence-corrected chi connectivity index (χ3v) is 4.74. The number of anilines is 1. The van der Waals surface area contributed by atoms with Crippen molar-refractivity contribution in [1.29, 1.82) is 0 Å². The minimum Gasteiger partial charge on any atom is -0.378 e. The fourth-order valence-corrected chi connectivity index (χ4v) is 3.35. The van der Waals surface area contributed by atoms with E-state index in [-0.39, 0.29) is 17.9 Å². The maximum atomic E-state index is 12.4. The molecule has 1 aromatic carbocycles. The van der Waals surface area contributed by atoms with Gasteiger partial charge in [-0.25, -0.2) is 0 Å². The summed E-state index contributed by atoms with van der Waals surface area (Å²) in [4.78, 5) is 14.8. The number of hydrogen-bond donors (Lipinski definition) is 1. The van der Waals surface area contributed by atoms with E-state index in [2.05, 4.69) is 22.3 Å². The minimum absolute atomic E-state index is 0.0123. The van der Waals surface area contributed by atoms with E-state index in [0.717, 1.165) is 51.3 Å². The second-order valence-corrected chi connectivity index (χ2v) is 6.27. The van der Waals surface area contributed by atoms with Gasteiger partial charge in [-0.05, 0) is 31.4 Å². The van der Waals surface area contributed by atoms with Crippen LogP contribution in [0.1, 0.15) is 25.3 Å². The van der Waals surface area contributed by atoms with E-state index >= 15 is 0 Å². The molecule has 2 atom stereocenters. The molecule has 0 bridgehead atoms. The number of carbonyl (C=O) groups excluding carboxylic acids is 1. The zero-order chi connectivity index (χ0) is 16.1. The van der Waals surface area contributed by atoms with Crippen LogP contribution in [-0.2, 0) is 20.8 Å². The van der Waals surface area contributed by atoms with Crippen LogP contribution >= 0.6 is 0 Å². The van der Waals surface area contributed by atoms with Crippen LogP contribution in [0.25, 0.3) is 0 Å². The molecule has 2 heterocycles. The summed E-state index contributed by atoms with van der Waals surface area (Å²) in [6.45, 7) is 6.65. The van der Waals surface area contributed by atoms with E-state index in [1.165, 1.54) is 5.69 Å². The summed E-state index contributed by atoms with van der Waals surface area (Å²) in [5.41, 5.74) is 2.36. The molecule has 0 spiro atoms. The third kappa shape index (κ3) is 4.03. The van der Waals surface area contributed by atoms with Crippen molar-refractivity contribution in [3.63, 3.8) is 0 Å². The molecule has 1 N–H and O–H groups in total. The summed E-state index contributed by atoms with van der Waals surface area (Å²) in [5.74, 6) is 0.0771. The van der Waals surface area contributed by atoms with E-state index in [1.54, 1.807) is 0 Å². The van der Waals surface area contributed by atoms with Gasteiger partial charge in [-0.1, -0.05) is 18.2 Å². The van der Waals surface area contributed by atoms with Crippen LogP contribution in [0.4, 0.5) is 5.69 Å². The number of amides is 1. The first-order chi connectivity index (χ1) is 11.3. The molecule has 126 valence electrons. The number of morpholine rings is 1. The fraction of sp³-hybridized carbons (Fsp3) is 0.611. The van der Waals surface area contributed by atoms with E-state index < -0.39 is 0 Å². The van der Waals surface area contributed by atoms with Crippen LogP contribution in [0.5, 0.6) is 0 Å². The van der Waals surface area contributed by atoms with Gasteiger partial charge >= 0.3 is 0 Å². The standard InChI is InChI=1S/C18H26N2O3/c1-14-16(6-4-10-23-14)18(21)19-13-15-5-2-3-7-17(15)20-8-11-22-12-9-20/h2-3,5,7,14,16H,4,6,8-13H2,1H3,(H,19,21)/t14-,16+/m1/s1. The second kappa shape index (κ2) is 7.79. The Hall–Kier alpha value is -1.59. The average molecular weight is 318 g/mol. The summed E-state index contributed by atoms with van der Waals surface area (Å²) in [5, 5.41) is 3.10. The van der Waals surface area contributed by atoms with Gasteiger partial charge in [0.1, 0.15) is 0 Å². The number of carbonyl (C=O) groups is 1. The van der Waals surface area contributed by atoms with Crippen LogP contribution in [-0.4, -0.2) is 44.9 Å². The van der Waals surface area contributed by atoms with Crippen LogP contribution in [0, 0.1) is 5.92 Å². The maximum absolute atomic E-state index is 12.4. The quantitative estimate of drug-likeness (QED) is 0.922. The van der Waals surface area contributed by atoms with Crippen molar-refractivity contribution in [2.75, 3.05) is 37.8 Å². The summed E-state index contributed by atoms with van der Waals surface area (Å²) in [7, 11) is 0. The molecule has 2 fully saturated rings. The lowest BCUT2D eigenvalue weighted by Gasteiger charge is -2.31. The van der Waals surface area contributed by atoms with Gasteiger partial charge in [-0.2, -0.15) is 0 Å². The van der Waals surface area contributed by atoms with Crippen molar-refractivity contribution in [1.82, 2.24) is 5.32 Å².